The summed E-state index contributed by atoms with van der Waals surface area (Å²) in [7, 11) is 3.17. The van der Waals surface area contributed by atoms with Crippen molar-refractivity contribution < 1.29 is 28.5 Å². The summed E-state index contributed by atoms with van der Waals surface area (Å²) in [5.41, 5.74) is 3.86. The number of benzene rings is 3. The number of methoxy groups -OCH3 is 2. The lowest BCUT2D eigenvalue weighted by atomic mass is 9.86. The Morgan fingerprint density at radius 3 is 2.17 bits per heavy atom. The zero-order valence-electron chi connectivity index (χ0n) is 20.4. The third-order valence-electron chi connectivity index (χ3n) is 5.97. The lowest BCUT2D eigenvalue weighted by molar-refractivity contribution is -0.118. The average molecular weight is 476 g/mol. The highest BCUT2D eigenvalue weighted by Gasteiger charge is 2.36. The van der Waals surface area contributed by atoms with Crippen molar-refractivity contribution in [2.75, 3.05) is 32.3 Å². The van der Waals surface area contributed by atoms with Gasteiger partial charge < -0.3 is 23.8 Å². The highest BCUT2D eigenvalue weighted by atomic mass is 16.5. The van der Waals surface area contributed by atoms with E-state index >= 15 is 0 Å². The van der Waals surface area contributed by atoms with Gasteiger partial charge in [0.2, 0.25) is 5.91 Å². The molecule has 182 valence electrons. The van der Waals surface area contributed by atoms with Gasteiger partial charge >= 0.3 is 5.97 Å². The summed E-state index contributed by atoms with van der Waals surface area (Å²) in [5.74, 6) is 1.48. The normalized spacial score (nSPS) is 14.8. The molecule has 0 saturated heterocycles. The summed E-state index contributed by atoms with van der Waals surface area (Å²) >= 11 is 0. The monoisotopic (exact) mass is 475 g/mol. The minimum Gasteiger partial charge on any atom is -0.494 e. The van der Waals surface area contributed by atoms with E-state index in [0.717, 1.165) is 22.4 Å². The van der Waals surface area contributed by atoms with Gasteiger partial charge in [-0.15, -0.1) is 0 Å². The van der Waals surface area contributed by atoms with Crippen LogP contribution in [0.15, 0.2) is 60.7 Å². The number of anilines is 1. The summed E-state index contributed by atoms with van der Waals surface area (Å²) in [6.45, 7) is 4.57. The SMILES string of the molecule is CCOC(=O)c1ccc(N2C(=O)Cc3cc(OC)c(OC)cc3C2c2ccc(OCC)cc2)cc1. The van der Waals surface area contributed by atoms with Crippen LogP contribution in [0, 0.1) is 0 Å². The second kappa shape index (κ2) is 10.5. The van der Waals surface area contributed by atoms with Crippen LogP contribution in [0.2, 0.25) is 0 Å². The first kappa shape index (κ1) is 24.1. The lowest BCUT2D eigenvalue weighted by Gasteiger charge is -2.38. The summed E-state index contributed by atoms with van der Waals surface area (Å²) in [6.07, 6.45) is 0.211. The Labute approximate surface area is 205 Å². The predicted molar refractivity (Wildman–Crippen MR) is 133 cm³/mol. The van der Waals surface area contributed by atoms with Gasteiger partial charge in [0.05, 0.1) is 45.5 Å². The van der Waals surface area contributed by atoms with Crippen LogP contribution in [0.5, 0.6) is 17.2 Å². The number of amides is 1. The van der Waals surface area contributed by atoms with E-state index in [2.05, 4.69) is 0 Å². The van der Waals surface area contributed by atoms with Gasteiger partial charge in [-0.05, 0) is 79.1 Å². The molecule has 1 heterocycles. The molecule has 7 nitrogen and oxygen atoms in total. The van der Waals surface area contributed by atoms with Crippen molar-refractivity contribution in [1.29, 1.82) is 0 Å². The van der Waals surface area contributed by atoms with Crippen molar-refractivity contribution in [3.8, 4) is 17.2 Å². The standard InChI is InChI=1S/C28H29NO6/c1-5-34-22-13-9-18(10-14-22)27-23-17-25(33-4)24(32-3)15-20(23)16-26(30)29(27)21-11-7-19(8-12-21)28(31)35-6-2/h7-15,17,27H,5-6,16H2,1-4H3. The lowest BCUT2D eigenvalue weighted by Crippen LogP contribution is -2.41. The highest BCUT2D eigenvalue weighted by Crippen LogP contribution is 2.43. The minimum atomic E-state index is -0.407. The molecule has 1 amide bonds. The van der Waals surface area contributed by atoms with Gasteiger partial charge in [0, 0.05) is 5.69 Å². The van der Waals surface area contributed by atoms with Crippen LogP contribution in [0.4, 0.5) is 5.69 Å². The fraction of sp³-hybridized carbons (Fsp3) is 0.286. The Bertz CT molecular complexity index is 1200. The van der Waals surface area contributed by atoms with Crippen LogP contribution in [0.1, 0.15) is 46.9 Å². The van der Waals surface area contributed by atoms with Crippen molar-refractivity contribution in [2.45, 2.75) is 26.3 Å². The molecule has 0 saturated carbocycles. The van der Waals surface area contributed by atoms with E-state index in [1.165, 1.54) is 0 Å². The number of ether oxygens (including phenoxy) is 4. The zero-order valence-corrected chi connectivity index (χ0v) is 20.4. The molecule has 0 spiro atoms. The van der Waals surface area contributed by atoms with Gasteiger partial charge in [0.15, 0.2) is 11.5 Å². The summed E-state index contributed by atoms with van der Waals surface area (Å²) in [4.78, 5) is 27.4. The van der Waals surface area contributed by atoms with Gasteiger partial charge in [-0.1, -0.05) is 12.1 Å². The van der Waals surface area contributed by atoms with Crippen molar-refractivity contribution in [2.24, 2.45) is 0 Å². The van der Waals surface area contributed by atoms with E-state index < -0.39 is 12.0 Å². The summed E-state index contributed by atoms with van der Waals surface area (Å²) in [5, 5.41) is 0. The molecular weight excluding hydrogens is 446 g/mol. The number of hydrogen-bond acceptors (Lipinski definition) is 6. The van der Waals surface area contributed by atoms with Crippen LogP contribution in [0.25, 0.3) is 0 Å². The summed E-state index contributed by atoms with van der Waals surface area (Å²) < 4.78 is 21.8. The molecule has 35 heavy (non-hydrogen) atoms. The van der Waals surface area contributed by atoms with E-state index in [1.807, 2.05) is 43.3 Å². The number of hydrogen-bond donors (Lipinski definition) is 0. The van der Waals surface area contributed by atoms with Crippen LogP contribution in [0.3, 0.4) is 0 Å². The zero-order chi connectivity index (χ0) is 24.9. The van der Waals surface area contributed by atoms with E-state index in [4.69, 9.17) is 18.9 Å². The molecular formula is C28H29NO6. The van der Waals surface area contributed by atoms with Crippen molar-refractivity contribution in [3.63, 3.8) is 0 Å². The second-order valence-corrected chi connectivity index (χ2v) is 8.02. The molecule has 0 aromatic heterocycles. The molecule has 0 aliphatic carbocycles. The fourth-order valence-corrected chi connectivity index (χ4v) is 4.38. The van der Waals surface area contributed by atoms with Crippen LogP contribution >= 0.6 is 0 Å². The molecule has 3 aromatic carbocycles. The number of carbonyl (C=O) groups is 2. The average Bonchev–Trinajstić information content (AvgIpc) is 2.88. The molecule has 0 radical (unpaired) electrons. The number of nitrogens with zero attached hydrogens (tertiary/aromatic N) is 1. The Morgan fingerprint density at radius 1 is 0.914 bits per heavy atom. The molecule has 1 unspecified atom stereocenters. The van der Waals surface area contributed by atoms with Crippen LogP contribution in [-0.2, 0) is 16.0 Å². The Hall–Kier alpha value is -4.00. The molecule has 1 atom stereocenters. The Balaban J connectivity index is 1.83. The number of fused-ring (bicyclic) bond motifs is 1. The molecule has 1 aliphatic heterocycles. The van der Waals surface area contributed by atoms with Gasteiger partial charge in [-0.3, -0.25) is 4.79 Å². The topological polar surface area (TPSA) is 74.3 Å². The first-order valence-electron chi connectivity index (χ1n) is 11.6. The maximum Gasteiger partial charge on any atom is 0.338 e. The summed E-state index contributed by atoms with van der Waals surface area (Å²) in [6, 6.07) is 18.0. The van der Waals surface area contributed by atoms with Crippen molar-refractivity contribution in [1.82, 2.24) is 0 Å². The Kier molecular flexibility index (Phi) is 7.25. The Morgan fingerprint density at radius 2 is 1.57 bits per heavy atom. The molecule has 0 bridgehead atoms. The predicted octanol–water partition coefficient (Wildman–Crippen LogP) is 4.96. The smallest absolute Gasteiger partial charge is 0.338 e. The third-order valence-corrected chi connectivity index (χ3v) is 5.97. The maximum absolute atomic E-state index is 13.5. The molecule has 7 heteroatoms. The van der Waals surface area contributed by atoms with E-state index in [-0.39, 0.29) is 12.3 Å². The number of carbonyl (C=O) groups excluding carboxylic acids is 2. The third kappa shape index (κ3) is 4.80. The molecule has 4 rings (SSSR count). The van der Waals surface area contributed by atoms with Crippen LogP contribution < -0.4 is 19.1 Å². The maximum atomic E-state index is 13.5. The van der Waals surface area contributed by atoms with E-state index in [1.54, 1.807) is 50.3 Å². The van der Waals surface area contributed by atoms with Crippen LogP contribution in [-0.4, -0.2) is 39.3 Å². The van der Waals surface area contributed by atoms with Gasteiger partial charge in [-0.2, -0.15) is 0 Å². The van der Waals surface area contributed by atoms with Crippen molar-refractivity contribution in [3.05, 3.63) is 82.9 Å². The number of esters is 1. The largest absolute Gasteiger partial charge is 0.494 e. The first-order chi connectivity index (χ1) is 17.0. The first-order valence-corrected chi connectivity index (χ1v) is 11.6. The van der Waals surface area contributed by atoms with Crippen molar-refractivity contribution >= 4 is 17.6 Å². The second-order valence-electron chi connectivity index (χ2n) is 8.02. The van der Waals surface area contributed by atoms with E-state index in [9.17, 15) is 9.59 Å². The van der Waals surface area contributed by atoms with E-state index in [0.29, 0.717) is 36.0 Å². The van der Waals surface area contributed by atoms with Gasteiger partial charge in [0.25, 0.3) is 0 Å². The molecule has 3 aromatic rings. The molecule has 0 fully saturated rings. The molecule has 1 aliphatic rings. The fourth-order valence-electron chi connectivity index (χ4n) is 4.38. The number of rotatable bonds is 8. The van der Waals surface area contributed by atoms with Gasteiger partial charge in [-0.25, -0.2) is 4.79 Å². The quantitative estimate of drug-likeness (QED) is 0.429. The minimum absolute atomic E-state index is 0.0625. The highest BCUT2D eigenvalue weighted by molar-refractivity contribution is 5.99. The van der Waals surface area contributed by atoms with Gasteiger partial charge in [0.1, 0.15) is 5.75 Å². The molecule has 0 N–H and O–H groups in total.